The fourth-order valence-electron chi connectivity index (χ4n) is 3.18. The van der Waals surface area contributed by atoms with Crippen molar-refractivity contribution in [2.75, 3.05) is 31.1 Å². The number of rotatable bonds is 5. The topological polar surface area (TPSA) is 36.4 Å². The van der Waals surface area contributed by atoms with Crippen LogP contribution in [0.5, 0.6) is 0 Å². The maximum Gasteiger partial charge on any atom is 0.222 e. The minimum absolute atomic E-state index is 0.305. The molecule has 3 rings (SSSR count). The van der Waals surface area contributed by atoms with E-state index in [0.717, 1.165) is 51.1 Å². The minimum Gasteiger partial charge on any atom is -0.370 e. The molecular weight excluding hydrogens is 318 g/mol. The second kappa shape index (κ2) is 8.29. The van der Waals surface area contributed by atoms with E-state index in [2.05, 4.69) is 39.5 Å². The summed E-state index contributed by atoms with van der Waals surface area (Å²) in [4.78, 5) is 22.5. The van der Waals surface area contributed by atoms with Crippen LogP contribution in [0.2, 0.25) is 0 Å². The molecule has 4 nitrogen and oxygen atoms in total. The number of hydrogen-bond acceptors (Lipinski definition) is 4. The lowest BCUT2D eigenvalue weighted by Gasteiger charge is -2.24. The monoisotopic (exact) mass is 343 g/mol. The van der Waals surface area contributed by atoms with Crippen LogP contribution in [0.4, 0.5) is 5.69 Å². The Hall–Kier alpha value is -1.88. The molecule has 2 aromatic heterocycles. The zero-order valence-electron chi connectivity index (χ0n) is 14.3. The summed E-state index contributed by atoms with van der Waals surface area (Å²) in [5, 5.41) is 2.10. The van der Waals surface area contributed by atoms with E-state index in [1.165, 1.54) is 10.6 Å². The molecule has 0 unspecified atom stereocenters. The third-order valence-electron chi connectivity index (χ3n) is 4.49. The van der Waals surface area contributed by atoms with Gasteiger partial charge >= 0.3 is 0 Å². The molecule has 3 heterocycles. The van der Waals surface area contributed by atoms with Crippen molar-refractivity contribution in [3.63, 3.8) is 0 Å². The summed E-state index contributed by atoms with van der Waals surface area (Å²) in [6.45, 7) is 5.62. The average Bonchev–Trinajstić information content (AvgIpc) is 2.97. The first kappa shape index (κ1) is 17.0. The number of aromatic nitrogens is 1. The fraction of sp³-hybridized carbons (Fsp3) is 0.474. The third-order valence-corrected chi connectivity index (χ3v) is 5.42. The molecule has 1 saturated heterocycles. The maximum absolute atomic E-state index is 12.5. The quantitative estimate of drug-likeness (QED) is 0.833. The average molecular weight is 343 g/mol. The van der Waals surface area contributed by atoms with Crippen molar-refractivity contribution >= 4 is 22.9 Å². The van der Waals surface area contributed by atoms with Crippen molar-refractivity contribution in [2.24, 2.45) is 0 Å². The zero-order valence-corrected chi connectivity index (χ0v) is 15.1. The smallest absolute Gasteiger partial charge is 0.222 e. The van der Waals surface area contributed by atoms with Crippen molar-refractivity contribution in [1.82, 2.24) is 9.88 Å². The van der Waals surface area contributed by atoms with Crippen LogP contribution in [0.1, 0.15) is 29.8 Å². The van der Waals surface area contributed by atoms with Crippen LogP contribution < -0.4 is 4.90 Å². The van der Waals surface area contributed by atoms with Gasteiger partial charge in [-0.25, -0.2) is 0 Å². The number of nitrogens with zero attached hydrogens (tertiary/aromatic N) is 3. The van der Waals surface area contributed by atoms with Gasteiger partial charge in [-0.3, -0.25) is 9.78 Å². The lowest BCUT2D eigenvalue weighted by atomic mass is 10.2. The lowest BCUT2D eigenvalue weighted by molar-refractivity contribution is -0.131. The summed E-state index contributed by atoms with van der Waals surface area (Å²) in [6.07, 6.45) is 5.51. The van der Waals surface area contributed by atoms with Crippen molar-refractivity contribution < 1.29 is 4.79 Å². The molecule has 0 spiro atoms. The predicted octanol–water partition coefficient (Wildman–Crippen LogP) is 3.51. The van der Waals surface area contributed by atoms with Gasteiger partial charge in [-0.1, -0.05) is 6.07 Å². The van der Waals surface area contributed by atoms with Gasteiger partial charge in [0, 0.05) is 55.1 Å². The van der Waals surface area contributed by atoms with E-state index >= 15 is 0 Å². The van der Waals surface area contributed by atoms with Crippen molar-refractivity contribution in [3.05, 3.63) is 46.4 Å². The molecule has 2 aromatic rings. The van der Waals surface area contributed by atoms with Crippen LogP contribution in [0.15, 0.2) is 35.8 Å². The number of carbonyl (C=O) groups excluding carboxylic acids is 1. The second-order valence-electron chi connectivity index (χ2n) is 6.31. The largest absolute Gasteiger partial charge is 0.370 e. The Kier molecular flexibility index (Phi) is 5.86. The summed E-state index contributed by atoms with van der Waals surface area (Å²) < 4.78 is 0. The fourth-order valence-corrected chi connectivity index (χ4v) is 3.93. The van der Waals surface area contributed by atoms with Gasteiger partial charge in [0.05, 0.1) is 0 Å². The van der Waals surface area contributed by atoms with E-state index < -0.39 is 0 Å². The highest BCUT2D eigenvalue weighted by atomic mass is 32.1. The highest BCUT2D eigenvalue weighted by molar-refractivity contribution is 7.09. The molecule has 0 N–H and O–H groups in total. The molecule has 0 bridgehead atoms. The first-order valence-corrected chi connectivity index (χ1v) is 9.58. The summed E-state index contributed by atoms with van der Waals surface area (Å²) in [5.41, 5.74) is 2.26. The minimum atomic E-state index is 0.305. The third kappa shape index (κ3) is 4.57. The van der Waals surface area contributed by atoms with Gasteiger partial charge in [0.1, 0.15) is 0 Å². The van der Waals surface area contributed by atoms with Crippen LogP contribution in [-0.4, -0.2) is 42.0 Å². The highest BCUT2D eigenvalue weighted by Crippen LogP contribution is 2.18. The molecule has 1 amide bonds. The molecule has 0 saturated carbocycles. The van der Waals surface area contributed by atoms with Crippen LogP contribution >= 0.6 is 11.3 Å². The van der Waals surface area contributed by atoms with Gasteiger partial charge in [-0.2, -0.15) is 0 Å². The zero-order chi connectivity index (χ0) is 16.8. The van der Waals surface area contributed by atoms with Crippen LogP contribution in [0, 0.1) is 6.92 Å². The molecule has 0 atom stereocenters. The number of hydrogen-bond donors (Lipinski definition) is 0. The summed E-state index contributed by atoms with van der Waals surface area (Å²) in [5.74, 6) is 0.305. The molecule has 0 aliphatic carbocycles. The van der Waals surface area contributed by atoms with Crippen LogP contribution in [0.25, 0.3) is 0 Å². The Morgan fingerprint density at radius 2 is 2.17 bits per heavy atom. The van der Waals surface area contributed by atoms with E-state index in [0.29, 0.717) is 12.3 Å². The lowest BCUT2D eigenvalue weighted by Crippen LogP contribution is -2.35. The number of carbonyl (C=O) groups is 1. The molecular formula is C19H25N3OS. The van der Waals surface area contributed by atoms with Crippen molar-refractivity contribution in [2.45, 2.75) is 32.6 Å². The molecule has 0 aromatic carbocycles. The number of amides is 1. The second-order valence-corrected chi connectivity index (χ2v) is 7.34. The van der Waals surface area contributed by atoms with Crippen LogP contribution in [-0.2, 0) is 11.2 Å². The molecule has 1 aliphatic rings. The van der Waals surface area contributed by atoms with Gasteiger partial charge in [-0.15, -0.1) is 11.3 Å². The number of anilines is 1. The highest BCUT2D eigenvalue weighted by Gasteiger charge is 2.19. The Labute approximate surface area is 148 Å². The maximum atomic E-state index is 12.5. The molecule has 5 heteroatoms. The van der Waals surface area contributed by atoms with E-state index in [9.17, 15) is 4.79 Å². The molecule has 128 valence electrons. The summed E-state index contributed by atoms with van der Waals surface area (Å²) >= 11 is 1.78. The first-order chi connectivity index (χ1) is 11.7. The SMILES string of the molecule is Cc1cc(N2CCCN(C(=O)CCCc3cccs3)CC2)ccn1. The van der Waals surface area contributed by atoms with Gasteiger partial charge in [0.15, 0.2) is 0 Å². The van der Waals surface area contributed by atoms with Gasteiger partial charge in [-0.05, 0) is 49.8 Å². The van der Waals surface area contributed by atoms with Crippen molar-refractivity contribution in [1.29, 1.82) is 0 Å². The molecule has 24 heavy (non-hydrogen) atoms. The normalized spacial score (nSPS) is 15.4. The Morgan fingerprint density at radius 1 is 1.25 bits per heavy atom. The van der Waals surface area contributed by atoms with Gasteiger partial charge < -0.3 is 9.80 Å². The molecule has 0 radical (unpaired) electrons. The van der Waals surface area contributed by atoms with E-state index in [4.69, 9.17) is 0 Å². The summed E-state index contributed by atoms with van der Waals surface area (Å²) in [6, 6.07) is 8.41. The predicted molar refractivity (Wildman–Crippen MR) is 99.6 cm³/mol. The Balaban J connectivity index is 1.48. The molecule has 1 aliphatic heterocycles. The Bertz CT molecular complexity index is 656. The summed E-state index contributed by atoms with van der Waals surface area (Å²) in [7, 11) is 0. The van der Waals surface area contributed by atoms with Crippen LogP contribution in [0.3, 0.4) is 0 Å². The number of pyridine rings is 1. The number of thiophene rings is 1. The van der Waals surface area contributed by atoms with E-state index in [1.807, 2.05) is 18.0 Å². The van der Waals surface area contributed by atoms with Gasteiger partial charge in [0.2, 0.25) is 5.91 Å². The number of aryl methyl sites for hydroxylation is 2. The van der Waals surface area contributed by atoms with E-state index in [1.54, 1.807) is 11.3 Å². The first-order valence-electron chi connectivity index (χ1n) is 8.70. The van der Waals surface area contributed by atoms with E-state index in [-0.39, 0.29) is 0 Å². The Morgan fingerprint density at radius 3 is 2.96 bits per heavy atom. The van der Waals surface area contributed by atoms with Crippen molar-refractivity contribution in [3.8, 4) is 0 Å². The standard InChI is InChI=1S/C19H25N3OS/c1-16-15-17(8-9-20-16)21-10-4-11-22(13-12-21)19(23)7-2-5-18-6-3-14-24-18/h3,6,8-9,14-15H,2,4-5,7,10-13H2,1H3. The molecule has 1 fully saturated rings. The van der Waals surface area contributed by atoms with Gasteiger partial charge in [0.25, 0.3) is 0 Å².